The average molecular weight is 348 g/mol. The SMILES string of the molecule is CCCCc1ccccc1/C=C\C(=O)NN1C(=O)c2ccccc2C1=O. The quantitative estimate of drug-likeness (QED) is 0.643. The molecule has 3 rings (SSSR count). The predicted octanol–water partition coefficient (Wildman–Crippen LogP) is 3.37. The summed E-state index contributed by atoms with van der Waals surface area (Å²) in [6.45, 7) is 2.13. The van der Waals surface area contributed by atoms with E-state index in [9.17, 15) is 14.4 Å². The lowest BCUT2D eigenvalue weighted by atomic mass is 10.0. The zero-order chi connectivity index (χ0) is 18.5. The van der Waals surface area contributed by atoms with E-state index in [0.29, 0.717) is 11.1 Å². The molecular formula is C21H20N2O3. The molecule has 1 aliphatic heterocycles. The van der Waals surface area contributed by atoms with Gasteiger partial charge in [0.05, 0.1) is 11.1 Å². The van der Waals surface area contributed by atoms with E-state index in [1.807, 2.05) is 24.3 Å². The van der Waals surface area contributed by atoms with E-state index >= 15 is 0 Å². The zero-order valence-electron chi connectivity index (χ0n) is 14.6. The van der Waals surface area contributed by atoms with E-state index in [0.717, 1.165) is 29.8 Å². The molecular weight excluding hydrogens is 328 g/mol. The minimum Gasteiger partial charge on any atom is -0.268 e. The number of carbonyl (C=O) groups is 3. The third-order valence-corrected chi connectivity index (χ3v) is 4.29. The summed E-state index contributed by atoms with van der Waals surface area (Å²) in [7, 11) is 0. The fourth-order valence-corrected chi connectivity index (χ4v) is 2.90. The van der Waals surface area contributed by atoms with Crippen LogP contribution in [0.15, 0.2) is 54.6 Å². The third kappa shape index (κ3) is 3.57. The number of fused-ring (bicyclic) bond motifs is 1. The first-order chi connectivity index (χ1) is 12.6. The largest absolute Gasteiger partial charge is 0.280 e. The van der Waals surface area contributed by atoms with E-state index in [1.165, 1.54) is 11.6 Å². The maximum atomic E-state index is 12.3. The normalized spacial score (nSPS) is 13.3. The Kier molecular flexibility index (Phi) is 5.27. The lowest BCUT2D eigenvalue weighted by Crippen LogP contribution is -2.45. The molecule has 0 radical (unpaired) electrons. The van der Waals surface area contributed by atoms with Crippen LogP contribution in [-0.2, 0) is 11.2 Å². The molecule has 26 heavy (non-hydrogen) atoms. The highest BCUT2D eigenvalue weighted by Crippen LogP contribution is 2.20. The average Bonchev–Trinajstić information content (AvgIpc) is 2.90. The molecule has 0 fully saturated rings. The van der Waals surface area contributed by atoms with Crippen molar-refractivity contribution < 1.29 is 14.4 Å². The minimum absolute atomic E-state index is 0.298. The van der Waals surface area contributed by atoms with Gasteiger partial charge in [0.1, 0.15) is 0 Å². The van der Waals surface area contributed by atoms with Gasteiger partial charge in [-0.25, -0.2) is 0 Å². The Hall–Kier alpha value is -3.21. The van der Waals surface area contributed by atoms with Crippen molar-refractivity contribution in [2.75, 3.05) is 0 Å². The van der Waals surface area contributed by atoms with Crippen molar-refractivity contribution in [3.63, 3.8) is 0 Å². The topological polar surface area (TPSA) is 66.5 Å². The van der Waals surface area contributed by atoms with Gasteiger partial charge >= 0.3 is 0 Å². The third-order valence-electron chi connectivity index (χ3n) is 4.29. The molecule has 1 aliphatic rings. The Morgan fingerprint density at radius 1 is 1.00 bits per heavy atom. The number of unbranched alkanes of at least 4 members (excludes halogenated alkanes) is 1. The molecule has 5 nitrogen and oxygen atoms in total. The number of carbonyl (C=O) groups excluding carboxylic acids is 3. The van der Waals surface area contributed by atoms with Gasteiger partial charge < -0.3 is 0 Å². The summed E-state index contributed by atoms with van der Waals surface area (Å²) in [6.07, 6.45) is 6.16. The van der Waals surface area contributed by atoms with Crippen molar-refractivity contribution in [3.8, 4) is 0 Å². The molecule has 3 amide bonds. The first kappa shape index (κ1) is 17.6. The number of rotatable bonds is 6. The molecule has 132 valence electrons. The Balaban J connectivity index is 1.70. The van der Waals surface area contributed by atoms with Gasteiger partial charge in [0, 0.05) is 6.08 Å². The highest BCUT2D eigenvalue weighted by Gasteiger charge is 2.36. The predicted molar refractivity (Wildman–Crippen MR) is 99.2 cm³/mol. The smallest absolute Gasteiger partial charge is 0.268 e. The lowest BCUT2D eigenvalue weighted by molar-refractivity contribution is -0.119. The van der Waals surface area contributed by atoms with Crippen molar-refractivity contribution in [2.45, 2.75) is 26.2 Å². The molecule has 1 N–H and O–H groups in total. The first-order valence-electron chi connectivity index (χ1n) is 8.66. The summed E-state index contributed by atoms with van der Waals surface area (Å²) in [5.41, 5.74) is 5.09. The van der Waals surface area contributed by atoms with E-state index in [4.69, 9.17) is 0 Å². The van der Waals surface area contributed by atoms with Crippen molar-refractivity contribution in [3.05, 3.63) is 76.9 Å². The van der Waals surface area contributed by atoms with Gasteiger partial charge in [-0.15, -0.1) is 0 Å². The van der Waals surface area contributed by atoms with Crippen LogP contribution in [0.4, 0.5) is 0 Å². The van der Waals surface area contributed by atoms with Gasteiger partial charge in [-0.2, -0.15) is 5.01 Å². The second-order valence-electron chi connectivity index (χ2n) is 6.10. The maximum Gasteiger partial charge on any atom is 0.280 e. The van der Waals surface area contributed by atoms with Crippen molar-refractivity contribution in [2.24, 2.45) is 0 Å². The molecule has 0 unspecified atom stereocenters. The molecule has 1 heterocycles. The molecule has 0 spiro atoms. The minimum atomic E-state index is -0.523. The summed E-state index contributed by atoms with van der Waals surface area (Å²) < 4.78 is 0. The van der Waals surface area contributed by atoms with Crippen LogP contribution in [0.1, 0.15) is 51.6 Å². The summed E-state index contributed by atoms with van der Waals surface area (Å²) in [4.78, 5) is 36.7. The molecule has 0 aromatic heterocycles. The highest BCUT2D eigenvalue weighted by atomic mass is 16.2. The Morgan fingerprint density at radius 3 is 2.27 bits per heavy atom. The number of hydrogen-bond donors (Lipinski definition) is 1. The second-order valence-corrected chi connectivity index (χ2v) is 6.10. The number of hydrazine groups is 1. The van der Waals surface area contributed by atoms with E-state index in [2.05, 4.69) is 12.3 Å². The second kappa shape index (κ2) is 7.78. The molecule has 0 atom stereocenters. The molecule has 0 saturated carbocycles. The Bertz CT molecular complexity index is 851. The number of imide groups is 1. The highest BCUT2D eigenvalue weighted by molar-refractivity contribution is 6.21. The van der Waals surface area contributed by atoms with Crippen LogP contribution < -0.4 is 5.43 Å². The molecule has 0 saturated heterocycles. The summed E-state index contributed by atoms with van der Waals surface area (Å²) in [5, 5.41) is 0.764. The van der Waals surface area contributed by atoms with Gasteiger partial charge in [-0.05, 0) is 42.2 Å². The van der Waals surface area contributed by atoms with E-state index in [-0.39, 0.29) is 0 Å². The molecule has 0 bridgehead atoms. The van der Waals surface area contributed by atoms with Crippen LogP contribution in [-0.4, -0.2) is 22.7 Å². The van der Waals surface area contributed by atoms with Gasteiger partial charge in [0.25, 0.3) is 17.7 Å². The van der Waals surface area contributed by atoms with Gasteiger partial charge in [-0.1, -0.05) is 49.7 Å². The fraction of sp³-hybridized carbons (Fsp3) is 0.190. The van der Waals surface area contributed by atoms with E-state index < -0.39 is 17.7 Å². The van der Waals surface area contributed by atoms with Crippen LogP contribution in [0, 0.1) is 0 Å². The van der Waals surface area contributed by atoms with Gasteiger partial charge in [0.15, 0.2) is 0 Å². The number of benzene rings is 2. The number of hydrogen-bond acceptors (Lipinski definition) is 3. The van der Waals surface area contributed by atoms with E-state index in [1.54, 1.807) is 30.3 Å². The van der Waals surface area contributed by atoms with Crippen LogP contribution in [0.5, 0.6) is 0 Å². The zero-order valence-corrected chi connectivity index (χ0v) is 14.6. The standard InChI is InChI=1S/C21H20N2O3/c1-2-3-8-15-9-4-5-10-16(15)13-14-19(24)22-23-20(25)17-11-6-7-12-18(17)21(23)26/h4-7,9-14H,2-3,8H2,1H3,(H,22,24)/b14-13-. The molecule has 0 aliphatic carbocycles. The molecule has 2 aromatic rings. The monoisotopic (exact) mass is 348 g/mol. The lowest BCUT2D eigenvalue weighted by Gasteiger charge is -2.13. The summed E-state index contributed by atoms with van der Waals surface area (Å²) in [6, 6.07) is 14.4. The van der Waals surface area contributed by atoms with Crippen molar-refractivity contribution >= 4 is 23.8 Å². The molecule has 5 heteroatoms. The van der Waals surface area contributed by atoms with Gasteiger partial charge in [-0.3, -0.25) is 19.8 Å². The van der Waals surface area contributed by atoms with Crippen LogP contribution in [0.25, 0.3) is 6.08 Å². The number of amides is 3. The Morgan fingerprint density at radius 2 is 1.62 bits per heavy atom. The number of nitrogens with one attached hydrogen (secondary N) is 1. The summed E-state index contributed by atoms with van der Waals surface area (Å²) in [5.74, 6) is -1.56. The van der Waals surface area contributed by atoms with Crippen LogP contribution >= 0.6 is 0 Å². The Labute approximate surface area is 152 Å². The van der Waals surface area contributed by atoms with Crippen LogP contribution in [0.3, 0.4) is 0 Å². The van der Waals surface area contributed by atoms with Gasteiger partial charge in [0.2, 0.25) is 0 Å². The maximum absolute atomic E-state index is 12.3. The van der Waals surface area contributed by atoms with Crippen molar-refractivity contribution in [1.29, 1.82) is 0 Å². The number of nitrogens with zero attached hydrogens (tertiary/aromatic N) is 1. The molecule has 2 aromatic carbocycles. The van der Waals surface area contributed by atoms with Crippen LogP contribution in [0.2, 0.25) is 0 Å². The summed E-state index contributed by atoms with van der Waals surface area (Å²) >= 11 is 0. The van der Waals surface area contributed by atoms with Crippen molar-refractivity contribution in [1.82, 2.24) is 10.4 Å². The number of aryl methyl sites for hydroxylation is 1. The first-order valence-corrected chi connectivity index (χ1v) is 8.66. The fourth-order valence-electron chi connectivity index (χ4n) is 2.90.